The van der Waals surface area contributed by atoms with Crippen LogP contribution in [-0.4, -0.2) is 43.6 Å². The molecule has 0 saturated heterocycles. The molecule has 0 aliphatic heterocycles. The minimum absolute atomic E-state index is 0.0568. The summed E-state index contributed by atoms with van der Waals surface area (Å²) >= 11 is 0. The fourth-order valence-electron chi connectivity index (χ4n) is 1.60. The molecule has 1 rings (SSSR count). The summed E-state index contributed by atoms with van der Waals surface area (Å²) < 4.78 is 92.4. The molecule has 0 bridgehead atoms. The van der Waals surface area contributed by atoms with Crippen molar-refractivity contribution in [2.45, 2.75) is 18.3 Å². The van der Waals surface area contributed by atoms with Crippen molar-refractivity contribution >= 4 is 5.97 Å². The molecule has 0 unspecified atom stereocenters. The first-order chi connectivity index (χ1) is 11.5. The van der Waals surface area contributed by atoms with Gasteiger partial charge in [-0.3, -0.25) is 0 Å². The van der Waals surface area contributed by atoms with Crippen LogP contribution in [0.4, 0.5) is 26.3 Å². The van der Waals surface area contributed by atoms with Crippen molar-refractivity contribution in [1.29, 1.82) is 0 Å². The van der Waals surface area contributed by atoms with Crippen LogP contribution in [0.25, 0.3) is 0 Å². The highest BCUT2D eigenvalue weighted by Gasteiger charge is 2.66. The molecule has 0 aromatic heterocycles. The van der Waals surface area contributed by atoms with Crippen LogP contribution in [0.3, 0.4) is 0 Å². The number of alkyl halides is 6. The lowest BCUT2D eigenvalue weighted by Gasteiger charge is -2.27. The average Bonchev–Trinajstić information content (AvgIpc) is 2.53. The van der Waals surface area contributed by atoms with Gasteiger partial charge in [0.15, 0.2) is 17.3 Å². The molecule has 0 saturated carbocycles. The maximum Gasteiger partial charge on any atom is 0.376 e. The molecule has 0 fully saturated rings. The van der Waals surface area contributed by atoms with Crippen molar-refractivity contribution in [2.24, 2.45) is 0 Å². The Morgan fingerprint density at radius 1 is 1.12 bits per heavy atom. The maximum absolute atomic E-state index is 13.7. The summed E-state index contributed by atoms with van der Waals surface area (Å²) in [6, 6.07) is 3.04. The van der Waals surface area contributed by atoms with Crippen LogP contribution in [0.15, 0.2) is 30.0 Å². The van der Waals surface area contributed by atoms with Crippen LogP contribution < -0.4 is 14.2 Å². The van der Waals surface area contributed by atoms with Gasteiger partial charge in [-0.1, -0.05) is 0 Å². The monoisotopic (exact) mass is 374 g/mol. The molecule has 0 radical (unpaired) electrons. The number of carboxylic acids is 1. The van der Waals surface area contributed by atoms with E-state index < -0.39 is 41.8 Å². The minimum atomic E-state index is -5.86. The van der Waals surface area contributed by atoms with E-state index in [4.69, 9.17) is 14.6 Å². The molecule has 0 spiro atoms. The number of benzene rings is 1. The Kier molecular flexibility index (Phi) is 6.16. The molecule has 1 N–H and O–H groups in total. The lowest BCUT2D eigenvalue weighted by molar-refractivity contribution is -0.255. The van der Waals surface area contributed by atoms with Gasteiger partial charge in [-0.15, -0.1) is 0 Å². The van der Waals surface area contributed by atoms with Gasteiger partial charge in [0.2, 0.25) is 0 Å². The van der Waals surface area contributed by atoms with Gasteiger partial charge in [-0.2, -0.15) is 17.6 Å². The van der Waals surface area contributed by atoms with E-state index in [0.717, 1.165) is 18.2 Å². The van der Waals surface area contributed by atoms with Crippen molar-refractivity contribution < 1.29 is 50.5 Å². The first-order valence-corrected chi connectivity index (χ1v) is 6.36. The molecule has 1 aromatic carbocycles. The molecule has 25 heavy (non-hydrogen) atoms. The van der Waals surface area contributed by atoms with Crippen molar-refractivity contribution in [2.75, 3.05) is 14.2 Å². The van der Waals surface area contributed by atoms with E-state index in [1.165, 1.54) is 14.2 Å². The fraction of sp³-hybridized carbons (Fsp3) is 0.357. The number of ether oxygens (including phenoxy) is 3. The van der Waals surface area contributed by atoms with Crippen molar-refractivity contribution in [3.63, 3.8) is 0 Å². The van der Waals surface area contributed by atoms with E-state index in [-0.39, 0.29) is 11.5 Å². The summed E-state index contributed by atoms with van der Waals surface area (Å²) in [4.78, 5) is 10.6. The molecule has 11 heteroatoms. The summed E-state index contributed by atoms with van der Waals surface area (Å²) in [5.41, 5.74) is 0. The van der Waals surface area contributed by atoms with Gasteiger partial charge in [0.05, 0.1) is 20.3 Å². The summed E-state index contributed by atoms with van der Waals surface area (Å²) in [7, 11) is 2.43. The maximum atomic E-state index is 13.7. The van der Waals surface area contributed by atoms with E-state index in [1.54, 1.807) is 0 Å². The van der Waals surface area contributed by atoms with Crippen molar-refractivity contribution in [1.82, 2.24) is 0 Å². The lowest BCUT2D eigenvalue weighted by Crippen LogP contribution is -2.49. The molecule has 0 aliphatic carbocycles. The summed E-state index contributed by atoms with van der Waals surface area (Å²) in [6.07, 6.45) is -5.18. The Bertz CT molecular complexity index is 659. The molecular weight excluding hydrogens is 362 g/mol. The Hall–Kier alpha value is -2.59. The lowest BCUT2D eigenvalue weighted by atomic mass is 10.1. The first-order valence-electron chi connectivity index (χ1n) is 6.36. The topological polar surface area (TPSA) is 65.0 Å². The zero-order valence-electron chi connectivity index (χ0n) is 12.7. The third-order valence-electron chi connectivity index (χ3n) is 2.84. The van der Waals surface area contributed by atoms with Crippen LogP contribution in [0.1, 0.15) is 0 Å². The first kappa shape index (κ1) is 20.5. The Balaban J connectivity index is 3.33. The van der Waals surface area contributed by atoms with E-state index in [2.05, 4.69) is 4.74 Å². The van der Waals surface area contributed by atoms with Gasteiger partial charge in [0, 0.05) is 6.07 Å². The second kappa shape index (κ2) is 7.53. The predicted octanol–water partition coefficient (Wildman–Crippen LogP) is 3.59. The quantitative estimate of drug-likeness (QED) is 0.428. The van der Waals surface area contributed by atoms with E-state index in [0.29, 0.717) is 0 Å². The van der Waals surface area contributed by atoms with Crippen LogP contribution in [0.2, 0.25) is 0 Å². The highest BCUT2D eigenvalue weighted by atomic mass is 19.3. The highest BCUT2D eigenvalue weighted by molar-refractivity contribution is 5.80. The second-order valence-corrected chi connectivity index (χ2v) is 4.46. The smallest absolute Gasteiger partial charge is 0.376 e. The normalized spacial score (nSPS) is 12.9. The number of aliphatic carboxylic acids is 1. The SMILES string of the molecule is COc1ccc(O/C(=C/C(=O)O)C(F)(F)C(F)(F)C(F)F)cc1OC. The number of hydrogen-bond donors (Lipinski definition) is 1. The largest absolute Gasteiger partial charge is 0.493 e. The van der Waals surface area contributed by atoms with Gasteiger partial charge in [0.1, 0.15) is 5.75 Å². The van der Waals surface area contributed by atoms with Gasteiger partial charge < -0.3 is 19.3 Å². The molecule has 0 aliphatic rings. The molecular formula is C14H12F6O5. The average molecular weight is 374 g/mol. The highest BCUT2D eigenvalue weighted by Crippen LogP contribution is 2.45. The van der Waals surface area contributed by atoms with Crippen molar-refractivity contribution in [3.8, 4) is 17.2 Å². The summed E-state index contributed by atoms with van der Waals surface area (Å²) in [5.74, 6) is -16.2. The van der Waals surface area contributed by atoms with Crippen LogP contribution in [-0.2, 0) is 4.79 Å². The third kappa shape index (κ3) is 4.28. The molecule has 0 amide bonds. The van der Waals surface area contributed by atoms with Gasteiger partial charge in [-0.05, 0) is 12.1 Å². The molecule has 1 aromatic rings. The van der Waals surface area contributed by atoms with E-state index in [1.807, 2.05) is 0 Å². The van der Waals surface area contributed by atoms with Crippen LogP contribution in [0, 0.1) is 0 Å². The third-order valence-corrected chi connectivity index (χ3v) is 2.84. The Morgan fingerprint density at radius 2 is 1.68 bits per heavy atom. The zero-order valence-corrected chi connectivity index (χ0v) is 12.7. The fourth-order valence-corrected chi connectivity index (χ4v) is 1.60. The Morgan fingerprint density at radius 3 is 2.12 bits per heavy atom. The van der Waals surface area contributed by atoms with Gasteiger partial charge >= 0.3 is 24.2 Å². The number of halogens is 6. The number of carboxylic acid groups (broad SMARTS) is 1. The Labute approximate surface area is 137 Å². The van der Waals surface area contributed by atoms with Gasteiger partial charge in [-0.25, -0.2) is 13.6 Å². The molecule has 0 heterocycles. The van der Waals surface area contributed by atoms with Crippen molar-refractivity contribution in [3.05, 3.63) is 30.0 Å². The number of methoxy groups -OCH3 is 2. The molecule has 5 nitrogen and oxygen atoms in total. The van der Waals surface area contributed by atoms with Crippen LogP contribution >= 0.6 is 0 Å². The number of carbonyl (C=O) groups is 1. The summed E-state index contributed by atoms with van der Waals surface area (Å²) in [6.45, 7) is 0. The van der Waals surface area contributed by atoms with E-state index >= 15 is 0 Å². The predicted molar refractivity (Wildman–Crippen MR) is 71.8 cm³/mol. The number of rotatable bonds is 8. The standard InChI is InChI=1S/C14H12F6O5/c1-23-8-4-3-7(5-9(8)24-2)25-10(6-11(21)22)13(17,18)14(19,20)12(15)16/h3-6,12H,1-2H3,(H,21,22)/b10-6+. The van der Waals surface area contributed by atoms with Crippen LogP contribution in [0.5, 0.6) is 17.2 Å². The number of allylic oxidation sites excluding steroid dienone is 1. The summed E-state index contributed by atoms with van der Waals surface area (Å²) in [5, 5.41) is 8.55. The van der Waals surface area contributed by atoms with Gasteiger partial charge in [0.25, 0.3) is 0 Å². The zero-order chi connectivity index (χ0) is 19.4. The molecule has 140 valence electrons. The van der Waals surface area contributed by atoms with E-state index in [9.17, 15) is 31.1 Å². The second-order valence-electron chi connectivity index (χ2n) is 4.46. The molecule has 0 atom stereocenters. The minimum Gasteiger partial charge on any atom is -0.493 e. The number of hydrogen-bond acceptors (Lipinski definition) is 4.